The first-order chi connectivity index (χ1) is 7.79. The normalized spacial score (nSPS) is 14.3. The Morgan fingerprint density at radius 3 is 3.00 bits per heavy atom. The van der Waals surface area contributed by atoms with Crippen molar-refractivity contribution in [3.63, 3.8) is 0 Å². The van der Waals surface area contributed by atoms with Crippen molar-refractivity contribution in [1.29, 1.82) is 0 Å². The molecule has 4 nitrogen and oxygen atoms in total. The number of hydrogen-bond donors (Lipinski definition) is 2. The number of nitrogens with zero attached hydrogens (tertiary/aromatic N) is 1. The molecular formula is C12H12N2O2. The van der Waals surface area contributed by atoms with Gasteiger partial charge in [0.25, 0.3) is 5.56 Å². The number of H-pyrrole nitrogens is 1. The highest BCUT2D eigenvalue weighted by Crippen LogP contribution is 2.24. The molecule has 0 fully saturated rings. The molecule has 0 saturated heterocycles. The Kier molecular flexibility index (Phi) is 2.04. The highest BCUT2D eigenvalue weighted by atomic mass is 16.3. The standard InChI is InChI=1S/C12H12N2O2/c15-6-7-4-10-11(13-5-7)8-2-1-3-9(8)12(16)14-10/h4-5,15H,1-3,6H2,(H,14,16). The monoisotopic (exact) mass is 216 g/mol. The van der Waals surface area contributed by atoms with Gasteiger partial charge in [0.2, 0.25) is 0 Å². The third kappa shape index (κ3) is 1.27. The van der Waals surface area contributed by atoms with Gasteiger partial charge in [0.05, 0.1) is 17.6 Å². The second kappa shape index (κ2) is 3.42. The maximum Gasteiger partial charge on any atom is 0.251 e. The van der Waals surface area contributed by atoms with Crippen LogP contribution in [-0.2, 0) is 19.4 Å². The quantitative estimate of drug-likeness (QED) is 0.744. The van der Waals surface area contributed by atoms with E-state index >= 15 is 0 Å². The molecular weight excluding hydrogens is 204 g/mol. The molecule has 1 aliphatic carbocycles. The zero-order chi connectivity index (χ0) is 11.1. The van der Waals surface area contributed by atoms with Gasteiger partial charge in [-0.1, -0.05) is 0 Å². The Morgan fingerprint density at radius 2 is 2.19 bits per heavy atom. The van der Waals surface area contributed by atoms with Crippen LogP contribution >= 0.6 is 0 Å². The molecule has 0 unspecified atom stereocenters. The number of aromatic amines is 1. The number of hydrogen-bond acceptors (Lipinski definition) is 3. The fraction of sp³-hybridized carbons (Fsp3) is 0.333. The summed E-state index contributed by atoms with van der Waals surface area (Å²) in [6.45, 7) is -0.0535. The van der Waals surface area contributed by atoms with E-state index in [1.165, 1.54) is 0 Å². The SMILES string of the molecule is O=c1[nH]c2cc(CO)cnc2c2c1CCC2. The number of aromatic nitrogens is 2. The van der Waals surface area contributed by atoms with Crippen molar-refractivity contribution >= 4 is 11.0 Å². The van der Waals surface area contributed by atoms with Crippen LogP contribution < -0.4 is 5.56 Å². The molecule has 16 heavy (non-hydrogen) atoms. The lowest BCUT2D eigenvalue weighted by molar-refractivity contribution is 0.281. The summed E-state index contributed by atoms with van der Waals surface area (Å²) < 4.78 is 0. The lowest BCUT2D eigenvalue weighted by Gasteiger charge is -2.05. The molecule has 82 valence electrons. The molecule has 2 heterocycles. The molecule has 0 radical (unpaired) electrons. The van der Waals surface area contributed by atoms with Crippen molar-refractivity contribution in [2.24, 2.45) is 0 Å². The molecule has 0 aromatic carbocycles. The van der Waals surface area contributed by atoms with E-state index in [4.69, 9.17) is 5.11 Å². The molecule has 0 amide bonds. The number of nitrogens with one attached hydrogen (secondary N) is 1. The average Bonchev–Trinajstić information content (AvgIpc) is 2.78. The zero-order valence-electron chi connectivity index (χ0n) is 8.79. The van der Waals surface area contributed by atoms with Crippen molar-refractivity contribution in [2.75, 3.05) is 0 Å². The Bertz CT molecular complexity index is 616. The van der Waals surface area contributed by atoms with Crippen molar-refractivity contribution in [2.45, 2.75) is 25.9 Å². The molecule has 4 heteroatoms. The first-order valence-corrected chi connectivity index (χ1v) is 5.43. The van der Waals surface area contributed by atoms with Gasteiger partial charge < -0.3 is 10.1 Å². The highest BCUT2D eigenvalue weighted by Gasteiger charge is 2.18. The third-order valence-electron chi connectivity index (χ3n) is 3.15. The molecule has 0 atom stereocenters. The molecule has 3 rings (SSSR count). The molecule has 2 aromatic heterocycles. The fourth-order valence-electron chi connectivity index (χ4n) is 2.38. The fourth-order valence-corrected chi connectivity index (χ4v) is 2.38. The second-order valence-electron chi connectivity index (χ2n) is 4.16. The lowest BCUT2D eigenvalue weighted by Crippen LogP contribution is -2.13. The van der Waals surface area contributed by atoms with Crippen LogP contribution in [0.2, 0.25) is 0 Å². The topological polar surface area (TPSA) is 66.0 Å². The summed E-state index contributed by atoms with van der Waals surface area (Å²) in [4.78, 5) is 18.9. The van der Waals surface area contributed by atoms with Gasteiger partial charge in [-0.05, 0) is 36.5 Å². The minimum atomic E-state index is -0.0535. The second-order valence-corrected chi connectivity index (χ2v) is 4.16. The maximum atomic E-state index is 11.8. The number of rotatable bonds is 1. The predicted molar refractivity (Wildman–Crippen MR) is 60.3 cm³/mol. The van der Waals surface area contributed by atoms with E-state index in [0.717, 1.165) is 47.0 Å². The molecule has 1 aliphatic rings. The lowest BCUT2D eigenvalue weighted by atomic mass is 10.1. The number of aliphatic hydroxyl groups excluding tert-OH is 1. The largest absolute Gasteiger partial charge is 0.392 e. The van der Waals surface area contributed by atoms with Crippen LogP contribution in [0.4, 0.5) is 0 Å². The summed E-state index contributed by atoms with van der Waals surface area (Å²) in [7, 11) is 0. The van der Waals surface area contributed by atoms with Gasteiger partial charge in [0, 0.05) is 11.8 Å². The Hall–Kier alpha value is -1.68. The summed E-state index contributed by atoms with van der Waals surface area (Å²) in [5.74, 6) is 0. The van der Waals surface area contributed by atoms with Gasteiger partial charge in [-0.3, -0.25) is 9.78 Å². The van der Waals surface area contributed by atoms with Crippen molar-refractivity contribution in [1.82, 2.24) is 9.97 Å². The van der Waals surface area contributed by atoms with E-state index in [2.05, 4.69) is 9.97 Å². The van der Waals surface area contributed by atoms with Crippen LogP contribution in [0.25, 0.3) is 11.0 Å². The molecule has 0 bridgehead atoms. The number of fused-ring (bicyclic) bond motifs is 3. The van der Waals surface area contributed by atoms with Gasteiger partial charge in [0.1, 0.15) is 0 Å². The Labute approximate surface area is 92.0 Å². The van der Waals surface area contributed by atoms with E-state index in [1.54, 1.807) is 12.3 Å². The van der Waals surface area contributed by atoms with Crippen LogP contribution in [0.5, 0.6) is 0 Å². The summed E-state index contributed by atoms with van der Waals surface area (Å²) >= 11 is 0. The highest BCUT2D eigenvalue weighted by molar-refractivity contribution is 5.79. The van der Waals surface area contributed by atoms with Gasteiger partial charge in [0.15, 0.2) is 0 Å². The van der Waals surface area contributed by atoms with Gasteiger partial charge in [-0.25, -0.2) is 0 Å². The van der Waals surface area contributed by atoms with Crippen molar-refractivity contribution < 1.29 is 5.11 Å². The summed E-state index contributed by atoms with van der Waals surface area (Å²) in [5.41, 5.74) is 4.31. The number of aryl methyl sites for hydroxylation is 1. The number of aliphatic hydroxyl groups is 1. The maximum absolute atomic E-state index is 11.8. The van der Waals surface area contributed by atoms with Crippen LogP contribution in [0.15, 0.2) is 17.1 Å². The predicted octanol–water partition coefficient (Wildman–Crippen LogP) is 0.904. The van der Waals surface area contributed by atoms with E-state index in [1.807, 2.05) is 0 Å². The molecule has 0 aliphatic heterocycles. The molecule has 2 aromatic rings. The van der Waals surface area contributed by atoms with Crippen LogP contribution in [-0.4, -0.2) is 15.1 Å². The summed E-state index contributed by atoms with van der Waals surface area (Å²) in [6.07, 6.45) is 4.48. The van der Waals surface area contributed by atoms with Gasteiger partial charge >= 0.3 is 0 Å². The molecule has 0 saturated carbocycles. The minimum absolute atomic E-state index is 0.00288. The first-order valence-electron chi connectivity index (χ1n) is 5.43. The minimum Gasteiger partial charge on any atom is -0.392 e. The Balaban J connectivity index is 2.38. The molecule has 2 N–H and O–H groups in total. The number of pyridine rings is 2. The summed E-state index contributed by atoms with van der Waals surface area (Å²) in [5, 5.41) is 9.03. The van der Waals surface area contributed by atoms with Gasteiger partial charge in [-0.2, -0.15) is 0 Å². The van der Waals surface area contributed by atoms with Crippen LogP contribution in [0.1, 0.15) is 23.1 Å². The van der Waals surface area contributed by atoms with Crippen LogP contribution in [0, 0.1) is 0 Å². The van der Waals surface area contributed by atoms with E-state index in [0.29, 0.717) is 0 Å². The van der Waals surface area contributed by atoms with Crippen molar-refractivity contribution in [3.8, 4) is 0 Å². The van der Waals surface area contributed by atoms with Gasteiger partial charge in [-0.15, -0.1) is 0 Å². The Morgan fingerprint density at radius 1 is 1.38 bits per heavy atom. The zero-order valence-corrected chi connectivity index (χ0v) is 8.79. The summed E-state index contributed by atoms with van der Waals surface area (Å²) in [6, 6.07) is 1.79. The third-order valence-corrected chi connectivity index (χ3v) is 3.15. The van der Waals surface area contributed by atoms with Crippen molar-refractivity contribution in [3.05, 3.63) is 39.3 Å². The molecule has 0 spiro atoms. The smallest absolute Gasteiger partial charge is 0.251 e. The van der Waals surface area contributed by atoms with Crippen LogP contribution in [0.3, 0.4) is 0 Å². The van der Waals surface area contributed by atoms with E-state index in [-0.39, 0.29) is 12.2 Å². The van der Waals surface area contributed by atoms with E-state index in [9.17, 15) is 4.79 Å². The average molecular weight is 216 g/mol. The van der Waals surface area contributed by atoms with E-state index < -0.39 is 0 Å². The first kappa shape index (κ1) is 9.54.